The van der Waals surface area contributed by atoms with E-state index < -0.39 is 8.32 Å². The van der Waals surface area contributed by atoms with Crippen molar-refractivity contribution in [1.82, 2.24) is 0 Å². The van der Waals surface area contributed by atoms with Crippen molar-refractivity contribution in [3.8, 4) is 0 Å². The van der Waals surface area contributed by atoms with E-state index in [9.17, 15) is 0 Å². The second kappa shape index (κ2) is 8.38. The van der Waals surface area contributed by atoms with E-state index in [1.807, 2.05) is 31.2 Å². The standard InChI is InChI=1S/C24H21NOSSi/c1-20(24-18-11-19-27-24)25-26-28(21-12-5-2-6-13-21,22-14-7-3-8-15-22)23-16-9-4-10-17-23/h2-19H,1H3. The van der Waals surface area contributed by atoms with Crippen LogP contribution in [0.3, 0.4) is 0 Å². The van der Waals surface area contributed by atoms with Crippen LogP contribution in [0.5, 0.6) is 0 Å². The van der Waals surface area contributed by atoms with Crippen molar-refractivity contribution in [3.05, 3.63) is 113 Å². The summed E-state index contributed by atoms with van der Waals surface area (Å²) in [6.07, 6.45) is 0. The van der Waals surface area contributed by atoms with Gasteiger partial charge in [-0.1, -0.05) is 97.1 Å². The zero-order chi connectivity index (χ0) is 19.2. The Kier molecular flexibility index (Phi) is 5.51. The van der Waals surface area contributed by atoms with Gasteiger partial charge in [-0.15, -0.1) is 16.5 Å². The van der Waals surface area contributed by atoms with Crippen LogP contribution in [-0.2, 0) is 4.53 Å². The Morgan fingerprint density at radius 2 is 1.14 bits per heavy atom. The topological polar surface area (TPSA) is 21.6 Å². The molecule has 3 aromatic carbocycles. The average molecular weight is 400 g/mol. The normalized spacial score (nSPS) is 12.0. The lowest BCUT2D eigenvalue weighted by molar-refractivity contribution is 0.349. The largest absolute Gasteiger partial charge is 0.438 e. The van der Waals surface area contributed by atoms with E-state index in [2.05, 4.69) is 89.4 Å². The van der Waals surface area contributed by atoms with E-state index in [1.165, 1.54) is 15.6 Å². The molecule has 4 heteroatoms. The number of rotatable bonds is 6. The van der Waals surface area contributed by atoms with E-state index >= 15 is 0 Å². The monoisotopic (exact) mass is 399 g/mol. The molecule has 0 saturated heterocycles. The molecule has 0 amide bonds. The van der Waals surface area contributed by atoms with E-state index in [0.29, 0.717) is 0 Å². The van der Waals surface area contributed by atoms with E-state index in [0.717, 1.165) is 10.6 Å². The Bertz CT molecular complexity index is 935. The van der Waals surface area contributed by atoms with Crippen LogP contribution in [0.2, 0.25) is 0 Å². The first-order chi connectivity index (χ1) is 13.8. The summed E-state index contributed by atoms with van der Waals surface area (Å²) >= 11 is 1.67. The highest BCUT2D eigenvalue weighted by molar-refractivity contribution is 7.12. The highest BCUT2D eigenvalue weighted by Gasteiger charge is 2.44. The molecule has 138 valence electrons. The zero-order valence-electron chi connectivity index (χ0n) is 15.7. The first-order valence-electron chi connectivity index (χ1n) is 9.24. The van der Waals surface area contributed by atoms with Crippen molar-refractivity contribution >= 4 is 40.9 Å². The van der Waals surface area contributed by atoms with Crippen LogP contribution in [0.25, 0.3) is 0 Å². The van der Waals surface area contributed by atoms with Gasteiger partial charge in [0.2, 0.25) is 0 Å². The van der Waals surface area contributed by atoms with Crippen LogP contribution in [0.4, 0.5) is 0 Å². The molecule has 1 heterocycles. The van der Waals surface area contributed by atoms with Gasteiger partial charge in [0, 0.05) is 0 Å². The second-order valence-electron chi connectivity index (χ2n) is 6.52. The SMILES string of the molecule is CC(=NO[Si](c1ccccc1)(c1ccccc1)c1ccccc1)c1cccs1. The van der Waals surface area contributed by atoms with Gasteiger partial charge in [0.05, 0.1) is 10.6 Å². The van der Waals surface area contributed by atoms with Gasteiger partial charge in [0.25, 0.3) is 0 Å². The summed E-state index contributed by atoms with van der Waals surface area (Å²) in [6, 6.07) is 35.6. The predicted octanol–water partition coefficient (Wildman–Crippen LogP) is 4.16. The molecule has 0 spiro atoms. The van der Waals surface area contributed by atoms with Gasteiger partial charge in [-0.3, -0.25) is 0 Å². The number of hydrogen-bond acceptors (Lipinski definition) is 3. The molecule has 2 nitrogen and oxygen atoms in total. The van der Waals surface area contributed by atoms with Gasteiger partial charge in [-0.25, -0.2) is 0 Å². The van der Waals surface area contributed by atoms with Gasteiger partial charge in [0.15, 0.2) is 0 Å². The summed E-state index contributed by atoms with van der Waals surface area (Å²) in [6.45, 7) is 2.01. The minimum Gasteiger partial charge on any atom is -0.438 e. The molecule has 0 fully saturated rings. The fourth-order valence-electron chi connectivity index (χ4n) is 3.34. The molecule has 0 N–H and O–H groups in total. The second-order valence-corrected chi connectivity index (χ2v) is 10.7. The maximum absolute atomic E-state index is 6.61. The molecule has 0 unspecified atom stereocenters. The molecule has 0 saturated carbocycles. The lowest BCUT2D eigenvalue weighted by atomic mass is 10.3. The highest BCUT2D eigenvalue weighted by Crippen LogP contribution is 2.14. The third kappa shape index (κ3) is 3.57. The molecule has 0 aliphatic rings. The van der Waals surface area contributed by atoms with Crippen molar-refractivity contribution < 1.29 is 4.53 Å². The van der Waals surface area contributed by atoms with Crippen molar-refractivity contribution in [2.75, 3.05) is 0 Å². The Balaban J connectivity index is 1.92. The Morgan fingerprint density at radius 1 is 0.679 bits per heavy atom. The number of nitrogens with zero attached hydrogens (tertiary/aromatic N) is 1. The van der Waals surface area contributed by atoms with Crippen LogP contribution in [0, 0.1) is 0 Å². The molecule has 1 aromatic heterocycles. The first-order valence-corrected chi connectivity index (χ1v) is 12.0. The third-order valence-electron chi connectivity index (χ3n) is 4.74. The summed E-state index contributed by atoms with van der Waals surface area (Å²) in [5.41, 5.74) is 0.898. The smallest absolute Gasteiger partial charge is 0.380 e. The summed E-state index contributed by atoms with van der Waals surface area (Å²) in [5, 5.41) is 10.2. The Hall–Kier alpha value is -2.95. The van der Waals surface area contributed by atoms with E-state index in [4.69, 9.17) is 4.53 Å². The molecule has 0 aliphatic carbocycles. The van der Waals surface area contributed by atoms with Crippen LogP contribution >= 0.6 is 11.3 Å². The average Bonchev–Trinajstić information content (AvgIpc) is 3.31. The molecule has 4 rings (SSSR count). The number of benzene rings is 3. The minimum atomic E-state index is -2.78. The lowest BCUT2D eigenvalue weighted by Gasteiger charge is -2.30. The third-order valence-corrected chi connectivity index (χ3v) is 9.52. The Labute approximate surface area is 170 Å². The van der Waals surface area contributed by atoms with Crippen LogP contribution < -0.4 is 15.6 Å². The van der Waals surface area contributed by atoms with Gasteiger partial charge < -0.3 is 4.53 Å². The summed E-state index contributed by atoms with van der Waals surface area (Å²) < 4.78 is 6.61. The molecular weight excluding hydrogens is 378 g/mol. The lowest BCUT2D eigenvalue weighted by Crippen LogP contribution is -2.68. The quantitative estimate of drug-likeness (QED) is 0.207. The van der Waals surface area contributed by atoms with Gasteiger partial charge in [-0.05, 0) is 33.9 Å². The van der Waals surface area contributed by atoms with Crippen LogP contribution in [-0.4, -0.2) is 14.0 Å². The molecule has 0 bridgehead atoms. The number of hydrogen-bond donors (Lipinski definition) is 0. The van der Waals surface area contributed by atoms with Gasteiger partial charge in [-0.2, -0.15) is 0 Å². The highest BCUT2D eigenvalue weighted by atomic mass is 32.1. The summed E-state index contributed by atoms with van der Waals surface area (Å²) in [5.74, 6) is 0. The molecular formula is C24H21NOSSi. The van der Waals surface area contributed by atoms with Crippen molar-refractivity contribution in [3.63, 3.8) is 0 Å². The van der Waals surface area contributed by atoms with Gasteiger partial charge >= 0.3 is 8.32 Å². The number of thiophene rings is 1. The number of oxime groups is 1. The van der Waals surface area contributed by atoms with Gasteiger partial charge in [0.1, 0.15) is 0 Å². The molecule has 28 heavy (non-hydrogen) atoms. The van der Waals surface area contributed by atoms with Crippen molar-refractivity contribution in [1.29, 1.82) is 0 Å². The summed E-state index contributed by atoms with van der Waals surface area (Å²) in [7, 11) is -2.78. The fourth-order valence-corrected chi connectivity index (χ4v) is 7.59. The molecule has 0 aliphatic heterocycles. The minimum absolute atomic E-state index is 0.898. The molecule has 4 aromatic rings. The summed E-state index contributed by atoms with van der Waals surface area (Å²) in [4.78, 5) is 1.12. The maximum Gasteiger partial charge on any atom is 0.380 e. The molecule has 0 radical (unpaired) electrons. The predicted molar refractivity (Wildman–Crippen MR) is 122 cm³/mol. The zero-order valence-corrected chi connectivity index (χ0v) is 17.5. The first kappa shape index (κ1) is 18.4. The molecule has 0 atom stereocenters. The fraction of sp³-hybridized carbons (Fsp3) is 0.0417. The van der Waals surface area contributed by atoms with E-state index in [1.54, 1.807) is 11.3 Å². The van der Waals surface area contributed by atoms with Crippen LogP contribution in [0.1, 0.15) is 11.8 Å². The van der Waals surface area contributed by atoms with Crippen molar-refractivity contribution in [2.24, 2.45) is 5.16 Å². The Morgan fingerprint density at radius 3 is 1.54 bits per heavy atom. The van der Waals surface area contributed by atoms with E-state index in [-0.39, 0.29) is 0 Å². The van der Waals surface area contributed by atoms with Crippen molar-refractivity contribution in [2.45, 2.75) is 6.92 Å². The van der Waals surface area contributed by atoms with Crippen LogP contribution in [0.15, 0.2) is 114 Å². The maximum atomic E-state index is 6.61.